The van der Waals surface area contributed by atoms with Gasteiger partial charge in [0.2, 0.25) is 48.2 Å². The Kier molecular flexibility index (Phi) is 10.3. The number of hydrogen-bond acceptors (Lipinski definition) is 14. The highest BCUT2D eigenvalue weighted by molar-refractivity contribution is 6.50. The average molecular weight is 719 g/mol. The fraction of sp³-hybridized carbons (Fsp3) is 0.316. The van der Waals surface area contributed by atoms with Crippen LogP contribution in [0.15, 0.2) is 36.4 Å². The van der Waals surface area contributed by atoms with Crippen molar-refractivity contribution in [3.63, 3.8) is 0 Å². The van der Waals surface area contributed by atoms with E-state index in [1.807, 2.05) is 18.2 Å². The predicted molar refractivity (Wildman–Crippen MR) is 185 cm³/mol. The number of carbonyl (C=O) groups excluding carboxylic acids is 2. The van der Waals surface area contributed by atoms with Crippen molar-refractivity contribution >= 4 is 11.6 Å². The van der Waals surface area contributed by atoms with Gasteiger partial charge in [-0.15, -0.1) is 0 Å². The van der Waals surface area contributed by atoms with Crippen molar-refractivity contribution in [2.45, 2.75) is 12.8 Å². The molecule has 52 heavy (non-hydrogen) atoms. The topological polar surface area (TPSA) is 145 Å². The van der Waals surface area contributed by atoms with Gasteiger partial charge in [-0.25, -0.2) is 0 Å². The third-order valence-electron chi connectivity index (χ3n) is 8.75. The van der Waals surface area contributed by atoms with Gasteiger partial charge in [0.15, 0.2) is 46.0 Å². The maximum atomic E-state index is 14.2. The van der Waals surface area contributed by atoms with Crippen molar-refractivity contribution in [3.8, 4) is 80.1 Å². The zero-order valence-corrected chi connectivity index (χ0v) is 30.0. The summed E-state index contributed by atoms with van der Waals surface area (Å²) >= 11 is 0. The van der Waals surface area contributed by atoms with Gasteiger partial charge < -0.3 is 56.8 Å². The molecule has 0 atom stereocenters. The Morgan fingerprint density at radius 1 is 0.500 bits per heavy atom. The first kappa shape index (κ1) is 35.6. The molecule has 0 aromatic heterocycles. The molecule has 2 aliphatic rings. The summed E-state index contributed by atoms with van der Waals surface area (Å²) in [5.41, 5.74) is 2.40. The van der Waals surface area contributed by atoms with E-state index in [9.17, 15) is 9.59 Å². The molecule has 0 radical (unpaired) electrons. The Labute approximate surface area is 299 Å². The Balaban J connectivity index is 1.49. The van der Waals surface area contributed by atoms with E-state index in [0.29, 0.717) is 58.5 Å². The molecule has 4 aromatic rings. The van der Waals surface area contributed by atoms with Crippen LogP contribution in [0.1, 0.15) is 31.8 Å². The lowest BCUT2D eigenvalue weighted by Crippen LogP contribution is -2.17. The monoisotopic (exact) mass is 718 g/mol. The number of carbonyl (C=O) groups is 2. The molecule has 0 spiro atoms. The largest absolute Gasteiger partial charge is 0.493 e. The third kappa shape index (κ3) is 6.09. The average Bonchev–Trinajstić information content (AvgIpc) is 3.87. The number of ketones is 2. The van der Waals surface area contributed by atoms with E-state index in [0.717, 1.165) is 11.1 Å². The molecule has 14 heteroatoms. The van der Waals surface area contributed by atoms with Crippen molar-refractivity contribution in [2.24, 2.45) is 0 Å². The number of methoxy groups -OCH3 is 8. The van der Waals surface area contributed by atoms with Crippen LogP contribution < -0.4 is 56.8 Å². The van der Waals surface area contributed by atoms with Crippen molar-refractivity contribution in [2.75, 3.05) is 70.5 Å². The molecule has 6 rings (SSSR count). The number of ether oxygens (including phenoxy) is 12. The number of hydrogen-bond donors (Lipinski definition) is 0. The summed E-state index contributed by atoms with van der Waals surface area (Å²) in [6, 6.07) is 10.00. The Morgan fingerprint density at radius 2 is 1.02 bits per heavy atom. The zero-order chi connectivity index (χ0) is 37.1. The first-order valence-corrected chi connectivity index (χ1v) is 15.9. The fourth-order valence-electron chi connectivity index (χ4n) is 6.38. The summed E-state index contributed by atoms with van der Waals surface area (Å²) in [6.45, 7) is 0.0559. The van der Waals surface area contributed by atoms with E-state index < -0.39 is 11.6 Å². The minimum atomic E-state index is -0.892. The molecule has 0 fully saturated rings. The SMILES string of the molecule is COc1cc(CCc2cc(-c3cc(C(=O)C(=O)c4cc(OC)c5c(c4)OCO5)c(OC)c(OC)c3OC)c(OC)c(OC)c2OC)cc2c1OCO2. The summed E-state index contributed by atoms with van der Waals surface area (Å²) < 4.78 is 68.0. The van der Waals surface area contributed by atoms with Crippen LogP contribution >= 0.6 is 0 Å². The van der Waals surface area contributed by atoms with Crippen molar-refractivity contribution < 1.29 is 66.4 Å². The van der Waals surface area contributed by atoms with Crippen LogP contribution in [0.4, 0.5) is 0 Å². The molecule has 0 aliphatic carbocycles. The maximum absolute atomic E-state index is 14.2. The lowest BCUT2D eigenvalue weighted by molar-refractivity contribution is 0.0814. The highest BCUT2D eigenvalue weighted by atomic mass is 16.7. The molecule has 274 valence electrons. The van der Waals surface area contributed by atoms with Gasteiger partial charge in [-0.3, -0.25) is 9.59 Å². The molecular weight excluding hydrogens is 680 g/mol. The first-order valence-electron chi connectivity index (χ1n) is 15.9. The van der Waals surface area contributed by atoms with Gasteiger partial charge in [0.25, 0.3) is 0 Å². The van der Waals surface area contributed by atoms with Crippen LogP contribution in [0, 0.1) is 0 Å². The number of fused-ring (bicyclic) bond motifs is 2. The molecule has 14 nitrogen and oxygen atoms in total. The zero-order valence-electron chi connectivity index (χ0n) is 30.0. The number of benzene rings is 4. The van der Waals surface area contributed by atoms with Crippen LogP contribution in [0.2, 0.25) is 0 Å². The smallest absolute Gasteiger partial charge is 0.237 e. The Bertz CT molecular complexity index is 2040. The van der Waals surface area contributed by atoms with Crippen LogP contribution in [0.3, 0.4) is 0 Å². The second-order valence-electron chi connectivity index (χ2n) is 11.4. The van der Waals surface area contributed by atoms with Crippen LogP contribution in [0.5, 0.6) is 69.0 Å². The van der Waals surface area contributed by atoms with Crippen molar-refractivity contribution in [3.05, 3.63) is 58.7 Å². The lowest BCUT2D eigenvalue weighted by atomic mass is 9.92. The molecule has 0 unspecified atom stereocenters. The maximum Gasteiger partial charge on any atom is 0.237 e. The second kappa shape index (κ2) is 15.0. The summed E-state index contributed by atoms with van der Waals surface area (Å²) in [6.07, 6.45) is 1.00. The van der Waals surface area contributed by atoms with Gasteiger partial charge in [-0.2, -0.15) is 0 Å². The van der Waals surface area contributed by atoms with Gasteiger partial charge in [0, 0.05) is 16.7 Å². The minimum absolute atomic E-state index is 0.00872. The molecule has 0 saturated heterocycles. The highest BCUT2D eigenvalue weighted by Gasteiger charge is 2.33. The molecule has 0 N–H and O–H groups in total. The number of rotatable bonds is 15. The number of aryl methyl sites for hydroxylation is 2. The summed E-state index contributed by atoms with van der Waals surface area (Å²) in [5.74, 6) is 2.13. The quantitative estimate of drug-likeness (QED) is 0.109. The fourth-order valence-corrected chi connectivity index (χ4v) is 6.38. The van der Waals surface area contributed by atoms with Gasteiger partial charge in [-0.1, -0.05) is 0 Å². The van der Waals surface area contributed by atoms with Crippen molar-refractivity contribution in [1.29, 1.82) is 0 Å². The van der Waals surface area contributed by atoms with Crippen LogP contribution in [-0.2, 0) is 12.8 Å². The molecule has 4 aromatic carbocycles. The molecule has 2 aliphatic heterocycles. The summed E-state index contributed by atoms with van der Waals surface area (Å²) in [7, 11) is 11.7. The third-order valence-corrected chi connectivity index (χ3v) is 8.75. The van der Waals surface area contributed by atoms with Gasteiger partial charge in [0.1, 0.15) is 0 Å². The summed E-state index contributed by atoms with van der Waals surface area (Å²) in [5, 5.41) is 0. The predicted octanol–water partition coefficient (Wildman–Crippen LogP) is 5.73. The van der Waals surface area contributed by atoms with Crippen LogP contribution in [0.25, 0.3) is 11.1 Å². The summed E-state index contributed by atoms with van der Waals surface area (Å²) in [4.78, 5) is 28.0. The van der Waals surface area contributed by atoms with E-state index in [1.165, 1.54) is 68.0 Å². The van der Waals surface area contributed by atoms with E-state index >= 15 is 0 Å². The standard InChI is InChI=1S/C38H38O14/c1-41-25-11-19(12-27-35(25)51-17-49-27)9-10-20-13-22(32(44-4)37(47-7)31(20)43-3)23-16-24(34(46-6)38(48-8)33(23)45-5)30(40)29(39)21-14-26(42-2)36-28(15-21)50-18-52-36/h11-16H,9-10,17-18H2,1-8H3. The van der Waals surface area contributed by atoms with E-state index in [2.05, 4.69) is 0 Å². The highest BCUT2D eigenvalue weighted by Crippen LogP contribution is 2.54. The Morgan fingerprint density at radius 3 is 1.58 bits per heavy atom. The normalized spacial score (nSPS) is 12.2. The van der Waals surface area contributed by atoms with E-state index in [-0.39, 0.29) is 59.2 Å². The minimum Gasteiger partial charge on any atom is -0.493 e. The van der Waals surface area contributed by atoms with Crippen molar-refractivity contribution in [1.82, 2.24) is 0 Å². The van der Waals surface area contributed by atoms with E-state index in [1.54, 1.807) is 7.11 Å². The first-order chi connectivity index (χ1) is 25.3. The molecular formula is C38H38O14. The lowest BCUT2D eigenvalue weighted by Gasteiger charge is -2.23. The van der Waals surface area contributed by atoms with Crippen LogP contribution in [-0.4, -0.2) is 82.0 Å². The molecule has 0 bridgehead atoms. The van der Waals surface area contributed by atoms with Gasteiger partial charge in [0.05, 0.1) is 62.4 Å². The number of Topliss-reactive ketones (excluding diaryl/α,β-unsaturated/α-hetero) is 2. The van der Waals surface area contributed by atoms with E-state index in [4.69, 9.17) is 56.8 Å². The molecule has 0 amide bonds. The second-order valence-corrected chi connectivity index (χ2v) is 11.4. The molecule has 2 heterocycles. The molecule has 0 saturated carbocycles. The van der Waals surface area contributed by atoms with Gasteiger partial charge >= 0.3 is 0 Å². The Hall–Kier alpha value is -6.18. The van der Waals surface area contributed by atoms with Gasteiger partial charge in [-0.05, 0) is 60.4 Å².